The van der Waals surface area contributed by atoms with Crippen molar-refractivity contribution in [1.82, 2.24) is 14.7 Å². The van der Waals surface area contributed by atoms with Crippen LogP contribution in [0.1, 0.15) is 10.5 Å². The van der Waals surface area contributed by atoms with Gasteiger partial charge in [0.15, 0.2) is 5.69 Å². The highest BCUT2D eigenvalue weighted by Crippen LogP contribution is 2.11. The van der Waals surface area contributed by atoms with Crippen molar-refractivity contribution in [2.75, 3.05) is 27.3 Å². The zero-order valence-electron chi connectivity index (χ0n) is 13.6. The Morgan fingerprint density at radius 1 is 1.12 bits per heavy atom. The van der Waals surface area contributed by atoms with Crippen LogP contribution in [0.2, 0.25) is 0 Å². The third-order valence-electron chi connectivity index (χ3n) is 3.26. The molecule has 1 amide bonds. The van der Waals surface area contributed by atoms with E-state index in [4.69, 9.17) is 0 Å². The monoisotopic (exact) mass is 349 g/mol. The maximum atomic E-state index is 13.3. The number of methoxy groups -OCH3 is 2. The van der Waals surface area contributed by atoms with Gasteiger partial charge in [0.25, 0.3) is 5.91 Å². The number of hydrogen-bond acceptors (Lipinski definition) is 6. The zero-order chi connectivity index (χ0) is 18.4. The van der Waals surface area contributed by atoms with E-state index in [1.807, 2.05) is 0 Å². The zero-order valence-corrected chi connectivity index (χ0v) is 13.6. The summed E-state index contributed by atoms with van der Waals surface area (Å²) in [5, 5.41) is 4.06. The van der Waals surface area contributed by atoms with Gasteiger partial charge in [0, 0.05) is 6.20 Å². The van der Waals surface area contributed by atoms with E-state index >= 15 is 0 Å². The van der Waals surface area contributed by atoms with Gasteiger partial charge in [-0.05, 0) is 24.3 Å². The van der Waals surface area contributed by atoms with Crippen molar-refractivity contribution in [3.63, 3.8) is 0 Å². The summed E-state index contributed by atoms with van der Waals surface area (Å²) in [7, 11) is 2.34. The second-order valence-electron chi connectivity index (χ2n) is 4.94. The van der Waals surface area contributed by atoms with Gasteiger partial charge in [-0.1, -0.05) is 6.07 Å². The van der Waals surface area contributed by atoms with Crippen molar-refractivity contribution in [1.29, 1.82) is 0 Å². The number of benzene rings is 1. The Hall–Kier alpha value is -3.23. The fraction of sp³-hybridized carbons (Fsp3) is 0.250. The normalized spacial score (nSPS) is 10.2. The molecule has 1 aromatic carbocycles. The number of ether oxygens (including phenoxy) is 2. The Balaban J connectivity index is 2.23. The first-order valence-corrected chi connectivity index (χ1v) is 7.19. The van der Waals surface area contributed by atoms with Gasteiger partial charge in [-0.15, -0.1) is 0 Å². The number of rotatable bonds is 6. The molecule has 9 heteroatoms. The number of hydrogen-bond donors (Lipinski definition) is 0. The lowest BCUT2D eigenvalue weighted by Crippen LogP contribution is -2.40. The maximum absolute atomic E-state index is 13.3. The van der Waals surface area contributed by atoms with E-state index in [0.717, 1.165) is 4.90 Å². The van der Waals surface area contributed by atoms with Gasteiger partial charge in [-0.3, -0.25) is 14.4 Å². The number of esters is 2. The molecule has 0 aliphatic carbocycles. The van der Waals surface area contributed by atoms with Crippen LogP contribution < -0.4 is 0 Å². The molecule has 0 saturated heterocycles. The lowest BCUT2D eigenvalue weighted by molar-refractivity contribution is -0.144. The van der Waals surface area contributed by atoms with Gasteiger partial charge >= 0.3 is 11.9 Å². The number of carbonyl (C=O) groups is 3. The Morgan fingerprint density at radius 2 is 1.76 bits per heavy atom. The minimum Gasteiger partial charge on any atom is -0.468 e. The molecule has 0 N–H and O–H groups in total. The standard InChI is InChI=1S/C16H16FN3O5/c1-24-14(21)9-19(10-15(22)25-2)16(23)13-6-7-20(18-13)12-5-3-4-11(17)8-12/h3-8H,9-10H2,1-2H3. The minimum absolute atomic E-state index is 0.0166. The average Bonchev–Trinajstić information content (AvgIpc) is 3.10. The van der Waals surface area contributed by atoms with Crippen molar-refractivity contribution in [3.05, 3.63) is 48.0 Å². The van der Waals surface area contributed by atoms with Crippen molar-refractivity contribution in [3.8, 4) is 5.69 Å². The summed E-state index contributed by atoms with van der Waals surface area (Å²) in [5.74, 6) is -2.49. The van der Waals surface area contributed by atoms with Crippen LogP contribution in [0.5, 0.6) is 0 Å². The summed E-state index contributed by atoms with van der Waals surface area (Å²) in [4.78, 5) is 36.4. The highest BCUT2D eigenvalue weighted by atomic mass is 19.1. The quantitative estimate of drug-likeness (QED) is 0.717. The molecule has 132 valence electrons. The SMILES string of the molecule is COC(=O)CN(CC(=O)OC)C(=O)c1ccn(-c2cccc(F)c2)n1. The molecule has 0 aliphatic heterocycles. The third-order valence-corrected chi connectivity index (χ3v) is 3.26. The van der Waals surface area contributed by atoms with Crippen LogP contribution in [-0.2, 0) is 19.1 Å². The molecule has 25 heavy (non-hydrogen) atoms. The van der Waals surface area contributed by atoms with Gasteiger partial charge in [-0.25, -0.2) is 9.07 Å². The Kier molecular flexibility index (Phi) is 5.83. The van der Waals surface area contributed by atoms with Crippen molar-refractivity contribution in [2.24, 2.45) is 0 Å². The van der Waals surface area contributed by atoms with Crippen LogP contribution in [0.25, 0.3) is 5.69 Å². The van der Waals surface area contributed by atoms with Gasteiger partial charge < -0.3 is 14.4 Å². The highest BCUT2D eigenvalue weighted by Gasteiger charge is 2.24. The van der Waals surface area contributed by atoms with E-state index in [9.17, 15) is 18.8 Å². The van der Waals surface area contributed by atoms with E-state index < -0.39 is 36.8 Å². The van der Waals surface area contributed by atoms with E-state index in [2.05, 4.69) is 14.6 Å². The molecule has 0 spiro atoms. The summed E-state index contributed by atoms with van der Waals surface area (Å²) in [6.45, 7) is -0.867. The second-order valence-corrected chi connectivity index (χ2v) is 4.94. The summed E-state index contributed by atoms with van der Waals surface area (Å²) in [5.41, 5.74) is 0.406. The molecule has 0 unspecified atom stereocenters. The number of nitrogens with zero attached hydrogens (tertiary/aromatic N) is 3. The lowest BCUT2D eigenvalue weighted by atomic mass is 10.3. The van der Waals surface area contributed by atoms with Gasteiger partial charge in [0.05, 0.1) is 19.9 Å². The fourth-order valence-corrected chi connectivity index (χ4v) is 2.00. The van der Waals surface area contributed by atoms with Crippen LogP contribution in [0.4, 0.5) is 4.39 Å². The number of aromatic nitrogens is 2. The molecule has 1 heterocycles. The van der Waals surface area contributed by atoms with Gasteiger partial charge in [0.1, 0.15) is 18.9 Å². The van der Waals surface area contributed by atoms with Crippen LogP contribution in [0, 0.1) is 5.82 Å². The minimum atomic E-state index is -0.693. The third kappa shape index (κ3) is 4.63. The smallest absolute Gasteiger partial charge is 0.325 e. The predicted octanol–water partition coefficient (Wildman–Crippen LogP) is 0.800. The van der Waals surface area contributed by atoms with Crippen molar-refractivity contribution < 1.29 is 28.2 Å². The molecule has 0 fully saturated rings. The number of halogens is 1. The largest absolute Gasteiger partial charge is 0.468 e. The molecule has 2 aromatic rings. The molecule has 8 nitrogen and oxygen atoms in total. The summed E-state index contributed by atoms with van der Waals surface area (Å²) < 4.78 is 23.6. The molecule has 2 rings (SSSR count). The number of carbonyl (C=O) groups excluding carboxylic acids is 3. The van der Waals surface area contributed by atoms with Gasteiger partial charge in [-0.2, -0.15) is 5.10 Å². The van der Waals surface area contributed by atoms with Crippen molar-refractivity contribution >= 4 is 17.8 Å². The first kappa shape index (κ1) is 18.1. The molecule has 0 saturated carbocycles. The van der Waals surface area contributed by atoms with E-state index in [0.29, 0.717) is 5.69 Å². The topological polar surface area (TPSA) is 90.7 Å². The Bertz CT molecular complexity index is 772. The van der Waals surface area contributed by atoms with E-state index in [1.165, 1.54) is 49.4 Å². The maximum Gasteiger partial charge on any atom is 0.325 e. The molecule has 0 bridgehead atoms. The molecule has 0 aliphatic rings. The first-order valence-electron chi connectivity index (χ1n) is 7.19. The Morgan fingerprint density at radius 3 is 2.32 bits per heavy atom. The van der Waals surface area contributed by atoms with Crippen LogP contribution >= 0.6 is 0 Å². The molecular formula is C16H16FN3O5. The fourth-order valence-electron chi connectivity index (χ4n) is 2.00. The summed E-state index contributed by atoms with van der Waals surface area (Å²) in [6.07, 6.45) is 1.47. The molecule has 1 aromatic heterocycles. The predicted molar refractivity (Wildman–Crippen MR) is 83.5 cm³/mol. The van der Waals surface area contributed by atoms with Crippen LogP contribution in [0.15, 0.2) is 36.5 Å². The number of amides is 1. The van der Waals surface area contributed by atoms with Crippen LogP contribution in [0.3, 0.4) is 0 Å². The highest BCUT2D eigenvalue weighted by molar-refractivity contribution is 5.96. The van der Waals surface area contributed by atoms with E-state index in [-0.39, 0.29) is 5.69 Å². The van der Waals surface area contributed by atoms with Crippen molar-refractivity contribution in [2.45, 2.75) is 0 Å². The average molecular weight is 349 g/mol. The lowest BCUT2D eigenvalue weighted by Gasteiger charge is -2.18. The summed E-state index contributed by atoms with van der Waals surface area (Å²) >= 11 is 0. The van der Waals surface area contributed by atoms with Gasteiger partial charge in [0.2, 0.25) is 0 Å². The molecule has 0 atom stereocenters. The summed E-state index contributed by atoms with van der Waals surface area (Å²) in [6, 6.07) is 7.06. The second kappa shape index (κ2) is 8.04. The molecular weight excluding hydrogens is 333 g/mol. The molecule has 0 radical (unpaired) electrons. The van der Waals surface area contributed by atoms with Crippen LogP contribution in [-0.4, -0.2) is 59.8 Å². The Labute approximate surface area is 142 Å². The first-order chi connectivity index (χ1) is 11.9. The van der Waals surface area contributed by atoms with E-state index in [1.54, 1.807) is 6.07 Å².